The monoisotopic (exact) mass is 721 g/mol. The first-order chi connectivity index (χ1) is 24.1. The number of benzene rings is 1. The number of carbonyl (C=O) groups is 3. The van der Waals surface area contributed by atoms with Crippen molar-refractivity contribution in [3.8, 4) is 0 Å². The fourth-order valence-electron chi connectivity index (χ4n) is 13.1. The number of Topliss-reactive ketones (excluding diaryl/α,β-unsaturated/α-hetero) is 1. The summed E-state index contributed by atoms with van der Waals surface area (Å²) in [4.78, 5) is 38.8. The van der Waals surface area contributed by atoms with Gasteiger partial charge < -0.3 is 20.3 Å². The predicted molar refractivity (Wildman–Crippen MR) is 199 cm³/mol. The number of halogens is 1. The molecule has 1 aromatic carbocycles. The first-order valence-electron chi connectivity index (χ1n) is 20.0. The van der Waals surface area contributed by atoms with Crippen molar-refractivity contribution in [3.05, 3.63) is 46.8 Å². The average Bonchev–Trinajstić information content (AvgIpc) is 3.36. The summed E-state index contributed by atoms with van der Waals surface area (Å²) in [5, 5.41) is 25.1. The van der Waals surface area contributed by atoms with Gasteiger partial charge in [-0.25, -0.2) is 4.39 Å². The van der Waals surface area contributed by atoms with Crippen LogP contribution in [0.3, 0.4) is 0 Å². The van der Waals surface area contributed by atoms with E-state index in [2.05, 4.69) is 53.8 Å². The lowest BCUT2D eigenvalue weighted by molar-refractivity contribution is -0.235. The zero-order chi connectivity index (χ0) is 38.2. The maximum atomic E-state index is 14.0. The number of aliphatic carboxylic acids is 1. The number of carboxylic acids is 1. The van der Waals surface area contributed by atoms with E-state index >= 15 is 0 Å². The van der Waals surface area contributed by atoms with Crippen LogP contribution in [-0.4, -0.2) is 46.7 Å². The molecular weight excluding hydrogens is 657 g/mol. The highest BCUT2D eigenvalue weighted by molar-refractivity contribution is 6.00. The van der Waals surface area contributed by atoms with Crippen LogP contribution < -0.4 is 5.32 Å². The summed E-state index contributed by atoms with van der Waals surface area (Å²) in [5.74, 6) is -0.356. The van der Waals surface area contributed by atoms with Crippen molar-refractivity contribution in [1.29, 1.82) is 0 Å². The number of allylic oxidation sites excluding steroid dienone is 1. The molecule has 9 atom stereocenters. The van der Waals surface area contributed by atoms with Crippen LogP contribution in [0.15, 0.2) is 35.4 Å². The molecule has 0 heterocycles. The molecule has 5 aliphatic rings. The molecule has 0 saturated heterocycles. The number of rotatable bonds is 10. The van der Waals surface area contributed by atoms with Gasteiger partial charge in [0.2, 0.25) is 0 Å². The molecule has 1 aromatic rings. The van der Waals surface area contributed by atoms with Crippen molar-refractivity contribution in [2.75, 3.05) is 6.54 Å². The van der Waals surface area contributed by atoms with Gasteiger partial charge in [-0.3, -0.25) is 14.4 Å². The number of hydrogen-bond acceptors (Lipinski definition) is 6. The topological polar surface area (TPSA) is 113 Å². The first kappa shape index (κ1) is 39.1. The van der Waals surface area contributed by atoms with Gasteiger partial charge in [0.05, 0.1) is 17.9 Å². The fourth-order valence-corrected chi connectivity index (χ4v) is 13.1. The smallest absolute Gasteiger partial charge is 0.309 e. The Labute approximate surface area is 310 Å². The Morgan fingerprint density at radius 2 is 1.62 bits per heavy atom. The summed E-state index contributed by atoms with van der Waals surface area (Å²) in [7, 11) is 0. The zero-order valence-electron chi connectivity index (χ0n) is 33.2. The summed E-state index contributed by atoms with van der Waals surface area (Å²) in [5.41, 5.74) is 1.22. The van der Waals surface area contributed by atoms with Crippen molar-refractivity contribution >= 4 is 17.7 Å². The number of fused-ring (bicyclic) bond motifs is 7. The summed E-state index contributed by atoms with van der Waals surface area (Å²) >= 11 is 0. The number of ketones is 1. The summed E-state index contributed by atoms with van der Waals surface area (Å²) in [6, 6.07) is 6.44. The number of aliphatic hydroxyl groups excluding tert-OH is 1. The Bertz CT molecular complexity index is 1610. The van der Waals surface area contributed by atoms with E-state index in [0.29, 0.717) is 31.3 Å². The highest BCUT2D eigenvalue weighted by atomic mass is 19.1. The van der Waals surface area contributed by atoms with Gasteiger partial charge in [-0.2, -0.15) is 0 Å². The molecule has 4 fully saturated rings. The van der Waals surface area contributed by atoms with Gasteiger partial charge in [-0.05, 0) is 128 Å². The minimum absolute atomic E-state index is 0.0327. The van der Waals surface area contributed by atoms with E-state index in [4.69, 9.17) is 4.74 Å². The van der Waals surface area contributed by atoms with Gasteiger partial charge in [0.15, 0.2) is 5.78 Å². The van der Waals surface area contributed by atoms with E-state index in [-0.39, 0.29) is 57.6 Å². The largest absolute Gasteiger partial charge is 0.481 e. The molecule has 3 unspecified atom stereocenters. The van der Waals surface area contributed by atoms with Gasteiger partial charge in [0, 0.05) is 30.3 Å². The van der Waals surface area contributed by atoms with E-state index in [1.165, 1.54) is 17.7 Å². The van der Waals surface area contributed by atoms with Crippen molar-refractivity contribution in [3.63, 3.8) is 0 Å². The van der Waals surface area contributed by atoms with Crippen LogP contribution >= 0.6 is 0 Å². The summed E-state index contributed by atoms with van der Waals surface area (Å²) in [6.07, 6.45) is 6.91. The van der Waals surface area contributed by atoms with Gasteiger partial charge in [-0.15, -0.1) is 0 Å². The van der Waals surface area contributed by atoms with Crippen molar-refractivity contribution in [1.82, 2.24) is 5.32 Å². The average molecular weight is 722 g/mol. The van der Waals surface area contributed by atoms with Crippen LogP contribution in [-0.2, 0) is 25.7 Å². The number of aliphatic hydroxyl groups is 1. The Morgan fingerprint density at radius 1 is 0.942 bits per heavy atom. The third kappa shape index (κ3) is 6.01. The molecule has 0 radical (unpaired) electrons. The molecule has 6 rings (SSSR count). The van der Waals surface area contributed by atoms with Gasteiger partial charge in [-0.1, -0.05) is 66.2 Å². The quantitative estimate of drug-likeness (QED) is 0.207. The van der Waals surface area contributed by atoms with E-state index in [1.54, 1.807) is 26.0 Å². The molecule has 7 nitrogen and oxygen atoms in total. The number of carbonyl (C=O) groups excluding carboxylic acids is 2. The van der Waals surface area contributed by atoms with Crippen LogP contribution in [0, 0.1) is 62.0 Å². The Balaban J connectivity index is 1.26. The third-order valence-electron chi connectivity index (χ3n) is 16.1. The predicted octanol–water partition coefficient (Wildman–Crippen LogP) is 8.67. The normalized spacial score (nSPS) is 37.5. The fraction of sp³-hybridized carbons (Fsp3) is 0.750. The lowest BCUT2D eigenvalue weighted by Crippen LogP contribution is -2.66. The molecule has 5 aliphatic carbocycles. The second-order valence-electron chi connectivity index (χ2n) is 19.8. The lowest BCUT2D eigenvalue weighted by Gasteiger charge is -2.72. The first-order valence-corrected chi connectivity index (χ1v) is 20.0. The Morgan fingerprint density at radius 3 is 2.25 bits per heavy atom. The molecule has 288 valence electrons. The Hall–Kier alpha value is -2.58. The number of nitrogens with one attached hydrogen (secondary N) is 1. The SMILES string of the molecule is CC(C)C1=C2[C@H]3CC[C@@H]4[C@@]5(C)CC[C@H](OC(=O)CC(C)(C)C(=O)O)C(C)(C)C5CC[C@@]4(C)[C@]3(C)CCC2(C(O)CNCc2ccc(F)cc2)CC1=O. The second-order valence-corrected chi connectivity index (χ2v) is 19.8. The minimum atomic E-state index is -1.17. The van der Waals surface area contributed by atoms with E-state index in [0.717, 1.165) is 62.5 Å². The second kappa shape index (κ2) is 13.3. The minimum Gasteiger partial charge on any atom is -0.481 e. The van der Waals surface area contributed by atoms with E-state index in [1.807, 2.05) is 0 Å². The molecular formula is C44H64FNO6. The maximum absolute atomic E-state index is 14.0. The highest BCUT2D eigenvalue weighted by Gasteiger charge is 2.70. The highest BCUT2D eigenvalue weighted by Crippen LogP contribution is 2.77. The molecule has 0 aromatic heterocycles. The molecule has 8 heteroatoms. The van der Waals surface area contributed by atoms with Crippen molar-refractivity contribution in [2.45, 2.75) is 145 Å². The number of esters is 1. The van der Waals surface area contributed by atoms with Gasteiger partial charge in [0.1, 0.15) is 11.9 Å². The zero-order valence-corrected chi connectivity index (χ0v) is 33.2. The van der Waals surface area contributed by atoms with Gasteiger partial charge >= 0.3 is 11.9 Å². The van der Waals surface area contributed by atoms with Crippen molar-refractivity contribution in [2.24, 2.45) is 56.2 Å². The maximum Gasteiger partial charge on any atom is 0.309 e. The molecule has 3 N–H and O–H groups in total. The van der Waals surface area contributed by atoms with Gasteiger partial charge in [0.25, 0.3) is 0 Å². The molecule has 0 amide bonds. The van der Waals surface area contributed by atoms with E-state index < -0.39 is 28.9 Å². The van der Waals surface area contributed by atoms with Crippen molar-refractivity contribution < 1.29 is 33.7 Å². The number of ether oxygens (including phenoxy) is 1. The van der Waals surface area contributed by atoms with Crippen LogP contribution in [0.5, 0.6) is 0 Å². The molecule has 4 saturated carbocycles. The molecule has 52 heavy (non-hydrogen) atoms. The summed E-state index contributed by atoms with van der Waals surface area (Å²) in [6.45, 7) is 20.4. The number of hydrogen-bond donors (Lipinski definition) is 3. The molecule has 0 bridgehead atoms. The third-order valence-corrected chi connectivity index (χ3v) is 16.1. The molecule has 0 aliphatic heterocycles. The van der Waals surface area contributed by atoms with Crippen LogP contribution in [0.2, 0.25) is 0 Å². The summed E-state index contributed by atoms with van der Waals surface area (Å²) < 4.78 is 19.6. The van der Waals surface area contributed by atoms with Crippen LogP contribution in [0.1, 0.15) is 132 Å². The van der Waals surface area contributed by atoms with Crippen LogP contribution in [0.4, 0.5) is 4.39 Å². The van der Waals surface area contributed by atoms with Crippen LogP contribution in [0.25, 0.3) is 0 Å². The Kier molecular flexibility index (Phi) is 10.0. The molecule has 0 spiro atoms. The van der Waals surface area contributed by atoms with E-state index in [9.17, 15) is 29.0 Å². The number of carboxylic acid groups (broad SMARTS) is 1. The standard InChI is InChI=1S/C44H64FNO6/c1-26(2)36-30(47)22-44(33(48)25-46-24-27-10-12-28(45)13-11-27)21-20-42(8)29(37(36)44)14-15-32-41(7)18-17-34(52-35(49)23-39(3,4)38(50)51)40(5,6)31(41)16-19-43(32,42)9/h10-13,26,29,31-34,46,48H,14-25H2,1-9H3,(H,50,51)/t29-,31?,32-,33?,34+,41+,42-,43-,44?/m1/s1. The lowest BCUT2D eigenvalue weighted by atomic mass is 9.33.